The maximum atomic E-state index is 10.6. The molecule has 3 aromatic rings. The van der Waals surface area contributed by atoms with Crippen molar-refractivity contribution in [1.82, 2.24) is 4.98 Å². The molecule has 0 aliphatic heterocycles. The molecular weight excluding hydrogens is 534 g/mol. The van der Waals surface area contributed by atoms with E-state index in [0.29, 0.717) is 5.56 Å². The van der Waals surface area contributed by atoms with Crippen LogP contribution >= 0.6 is 27.3 Å². The quantitative estimate of drug-likeness (QED) is 0.126. The molecule has 1 aromatic heterocycles. The molecule has 6 heteroatoms. The highest BCUT2D eigenvalue weighted by molar-refractivity contribution is 9.10. The second kappa shape index (κ2) is 19.0. The topological polar surface area (TPSA) is 48.4 Å². The summed E-state index contributed by atoms with van der Waals surface area (Å²) in [5.74, 6) is 0.966. The lowest BCUT2D eigenvalue weighted by Gasteiger charge is -2.05. The molecule has 0 fully saturated rings. The fourth-order valence-corrected chi connectivity index (χ4v) is 4.53. The van der Waals surface area contributed by atoms with E-state index in [-0.39, 0.29) is 0 Å². The molecule has 4 nitrogen and oxygen atoms in total. The van der Waals surface area contributed by atoms with E-state index in [1.54, 1.807) is 29.7 Å². The van der Waals surface area contributed by atoms with Gasteiger partial charge in [-0.2, -0.15) is 0 Å². The Balaban J connectivity index is 0.000000269. The van der Waals surface area contributed by atoms with E-state index in [9.17, 15) is 4.79 Å². The molecule has 0 bridgehead atoms. The second-order valence-corrected chi connectivity index (χ2v) is 10.6. The number of aldehydes is 1. The number of hydrogen-bond donors (Lipinski definition) is 0. The van der Waals surface area contributed by atoms with Crippen LogP contribution in [0, 0.1) is 0 Å². The molecule has 0 saturated heterocycles. The van der Waals surface area contributed by atoms with Crippen LogP contribution < -0.4 is 9.47 Å². The molecule has 0 radical (unpaired) electrons. The van der Waals surface area contributed by atoms with Crippen molar-refractivity contribution in [2.24, 2.45) is 0 Å². The van der Waals surface area contributed by atoms with Gasteiger partial charge >= 0.3 is 0 Å². The zero-order valence-corrected chi connectivity index (χ0v) is 24.1. The average Bonchev–Trinajstić information content (AvgIpc) is 3.39. The lowest BCUT2D eigenvalue weighted by atomic mass is 10.1. The van der Waals surface area contributed by atoms with Gasteiger partial charge in [-0.25, -0.2) is 4.98 Å². The number of aromatic nitrogens is 1. The van der Waals surface area contributed by atoms with Crippen molar-refractivity contribution in [1.29, 1.82) is 0 Å². The van der Waals surface area contributed by atoms with Crippen molar-refractivity contribution in [2.75, 3.05) is 13.2 Å². The van der Waals surface area contributed by atoms with E-state index in [4.69, 9.17) is 9.47 Å². The molecule has 196 valence electrons. The van der Waals surface area contributed by atoms with Crippen LogP contribution in [0.2, 0.25) is 0 Å². The van der Waals surface area contributed by atoms with E-state index in [1.807, 2.05) is 36.4 Å². The second-order valence-electron chi connectivity index (χ2n) is 8.70. The third-order valence-electron chi connectivity index (χ3n) is 5.60. The van der Waals surface area contributed by atoms with Crippen LogP contribution in [0.5, 0.6) is 10.8 Å². The maximum absolute atomic E-state index is 10.6. The molecule has 36 heavy (non-hydrogen) atoms. The van der Waals surface area contributed by atoms with Crippen LogP contribution in [0.3, 0.4) is 0 Å². The van der Waals surface area contributed by atoms with Gasteiger partial charge in [0.25, 0.3) is 0 Å². The zero-order chi connectivity index (χ0) is 25.8. The average molecular weight is 575 g/mol. The molecule has 0 aliphatic carbocycles. The summed E-state index contributed by atoms with van der Waals surface area (Å²) >= 11 is 4.95. The molecule has 0 amide bonds. The van der Waals surface area contributed by atoms with Crippen LogP contribution in [-0.2, 0) is 0 Å². The Morgan fingerprint density at radius 3 is 1.94 bits per heavy atom. The molecule has 2 aromatic carbocycles. The summed E-state index contributed by atoms with van der Waals surface area (Å²) in [7, 11) is 0. The Bertz CT molecular complexity index is 957. The predicted octanol–water partition coefficient (Wildman–Crippen LogP) is 9.77. The molecule has 0 N–H and O–H groups in total. The van der Waals surface area contributed by atoms with Gasteiger partial charge < -0.3 is 9.47 Å². The Hall–Kier alpha value is -2.18. The lowest BCUT2D eigenvalue weighted by Crippen LogP contribution is -1.96. The number of carbonyl (C=O) groups excluding carboxylic acids is 1. The summed E-state index contributed by atoms with van der Waals surface area (Å²) in [5, 5.41) is 1.79. The number of ether oxygens (including phenoxy) is 2. The fourth-order valence-electron chi connectivity index (χ4n) is 3.47. The number of rotatable bonds is 16. The lowest BCUT2D eigenvalue weighted by molar-refractivity contribution is 0.112. The molecule has 0 saturated carbocycles. The van der Waals surface area contributed by atoms with Crippen molar-refractivity contribution in [2.45, 2.75) is 78.1 Å². The van der Waals surface area contributed by atoms with Crippen LogP contribution in [0.15, 0.2) is 59.2 Å². The number of benzene rings is 2. The van der Waals surface area contributed by atoms with Gasteiger partial charge in [-0.05, 0) is 37.1 Å². The van der Waals surface area contributed by atoms with Crippen molar-refractivity contribution >= 4 is 33.6 Å². The third kappa shape index (κ3) is 12.7. The molecule has 0 aliphatic rings. The van der Waals surface area contributed by atoms with Gasteiger partial charge in [0.2, 0.25) is 0 Å². The minimum absolute atomic E-state index is 0.679. The largest absolute Gasteiger partial charge is 0.494 e. The number of carbonyl (C=O) groups is 1. The Morgan fingerprint density at radius 2 is 1.36 bits per heavy atom. The van der Waals surface area contributed by atoms with E-state index in [1.165, 1.54) is 51.4 Å². The highest BCUT2D eigenvalue weighted by Crippen LogP contribution is 2.30. The molecule has 0 unspecified atom stereocenters. The van der Waals surface area contributed by atoms with Gasteiger partial charge in [-0.1, -0.05) is 117 Å². The van der Waals surface area contributed by atoms with Crippen LogP contribution in [0.4, 0.5) is 0 Å². The molecule has 0 atom stereocenters. The predicted molar refractivity (Wildman–Crippen MR) is 156 cm³/mol. The smallest absolute Gasteiger partial charge is 0.194 e. The number of nitrogens with zero attached hydrogens (tertiary/aromatic N) is 1. The van der Waals surface area contributed by atoms with Gasteiger partial charge in [0.15, 0.2) is 5.06 Å². The van der Waals surface area contributed by atoms with Gasteiger partial charge in [-0.3, -0.25) is 4.79 Å². The monoisotopic (exact) mass is 573 g/mol. The minimum atomic E-state index is 0.679. The van der Waals surface area contributed by atoms with E-state index in [2.05, 4.69) is 34.8 Å². The fraction of sp³-hybridized carbons (Fsp3) is 0.467. The molecular formula is C30H40BrNO3S. The van der Waals surface area contributed by atoms with E-state index >= 15 is 0 Å². The van der Waals surface area contributed by atoms with Crippen LogP contribution in [0.1, 0.15) is 88.4 Å². The summed E-state index contributed by atoms with van der Waals surface area (Å²) in [4.78, 5) is 15.0. The van der Waals surface area contributed by atoms with Gasteiger partial charge in [0, 0.05) is 15.6 Å². The first-order valence-corrected chi connectivity index (χ1v) is 14.8. The highest BCUT2D eigenvalue weighted by Gasteiger charge is 2.05. The maximum Gasteiger partial charge on any atom is 0.194 e. The Labute approximate surface area is 229 Å². The Kier molecular flexibility index (Phi) is 15.9. The van der Waals surface area contributed by atoms with Gasteiger partial charge in [-0.15, -0.1) is 0 Å². The zero-order valence-electron chi connectivity index (χ0n) is 21.7. The minimum Gasteiger partial charge on any atom is -0.494 e. The summed E-state index contributed by atoms with van der Waals surface area (Å²) in [5.41, 5.74) is 1.70. The SMILES string of the molecule is CCCCCCCOc1ccc(Br)cc1.CCCCCCCOc1cnc(-c2ccc(C=O)cc2)s1. The van der Waals surface area contributed by atoms with Crippen molar-refractivity contribution in [3.05, 3.63) is 64.8 Å². The first-order valence-electron chi connectivity index (χ1n) is 13.2. The number of halogens is 1. The number of hydrogen-bond acceptors (Lipinski definition) is 5. The third-order valence-corrected chi connectivity index (χ3v) is 7.09. The van der Waals surface area contributed by atoms with E-state index < -0.39 is 0 Å². The number of thiazole rings is 1. The van der Waals surface area contributed by atoms with Crippen LogP contribution in [-0.4, -0.2) is 24.5 Å². The van der Waals surface area contributed by atoms with Gasteiger partial charge in [0.1, 0.15) is 17.0 Å². The summed E-state index contributed by atoms with van der Waals surface area (Å²) in [6.45, 7) is 6.05. The first-order chi connectivity index (χ1) is 17.7. The van der Waals surface area contributed by atoms with Crippen molar-refractivity contribution < 1.29 is 14.3 Å². The van der Waals surface area contributed by atoms with Gasteiger partial charge in [0.05, 0.1) is 19.4 Å². The van der Waals surface area contributed by atoms with Crippen LogP contribution in [0.25, 0.3) is 10.6 Å². The highest BCUT2D eigenvalue weighted by atomic mass is 79.9. The summed E-state index contributed by atoms with van der Waals surface area (Å²) in [6, 6.07) is 15.4. The Morgan fingerprint density at radius 1 is 0.778 bits per heavy atom. The summed E-state index contributed by atoms with van der Waals surface area (Å²) in [6.07, 6.45) is 15.2. The van der Waals surface area contributed by atoms with E-state index in [0.717, 1.165) is 58.2 Å². The standard InChI is InChI=1S/C17H21NO2S.C13H19BrO/c1-2-3-4-5-6-11-20-16-12-18-17(21-16)15-9-7-14(13-19)8-10-15;1-2-3-4-5-6-11-15-13-9-7-12(14)8-10-13/h7-10,12-13H,2-6,11H2,1H3;7-10H,2-6,11H2,1H3. The summed E-state index contributed by atoms with van der Waals surface area (Å²) < 4.78 is 12.4. The molecule has 3 rings (SSSR count). The molecule has 0 spiro atoms. The number of unbranched alkanes of at least 4 members (excludes halogenated alkanes) is 8. The first kappa shape index (κ1) is 30.0. The van der Waals surface area contributed by atoms with Crippen molar-refractivity contribution in [3.8, 4) is 21.4 Å². The molecule has 1 heterocycles. The normalized spacial score (nSPS) is 10.4. The van der Waals surface area contributed by atoms with Crippen molar-refractivity contribution in [3.63, 3.8) is 0 Å².